The number of carboxylic acid groups (broad SMARTS) is 1. The molecule has 3 nitrogen and oxygen atoms in total. The van der Waals surface area contributed by atoms with Gasteiger partial charge in [0.1, 0.15) is 0 Å². The summed E-state index contributed by atoms with van der Waals surface area (Å²) in [6, 6.07) is 0.960. The molecule has 0 spiro atoms. The molecular formula is C8H9F3O3S. The van der Waals surface area contributed by atoms with Crippen LogP contribution in [0.3, 0.4) is 0 Å². The summed E-state index contributed by atoms with van der Waals surface area (Å²) in [4.78, 5) is 9.87. The van der Waals surface area contributed by atoms with E-state index in [1.165, 1.54) is 5.38 Å². The van der Waals surface area contributed by atoms with Crippen LogP contribution in [0.25, 0.3) is 0 Å². The van der Waals surface area contributed by atoms with Crippen LogP contribution < -0.4 is 4.74 Å². The lowest BCUT2D eigenvalue weighted by molar-refractivity contribution is -0.274. The molecule has 0 atom stereocenters. The molecule has 0 radical (unpaired) electrons. The second kappa shape index (κ2) is 5.59. The van der Waals surface area contributed by atoms with Crippen molar-refractivity contribution in [2.24, 2.45) is 0 Å². The second-order valence-corrected chi connectivity index (χ2v) is 2.88. The van der Waals surface area contributed by atoms with Crippen molar-refractivity contribution in [3.8, 4) is 5.75 Å². The summed E-state index contributed by atoms with van der Waals surface area (Å²) >= 11 is 0.674. The van der Waals surface area contributed by atoms with Crippen LogP contribution in [0.15, 0.2) is 11.4 Å². The molecule has 0 saturated carbocycles. The van der Waals surface area contributed by atoms with Crippen LogP contribution in [-0.4, -0.2) is 17.4 Å². The monoisotopic (exact) mass is 242 g/mol. The van der Waals surface area contributed by atoms with E-state index in [2.05, 4.69) is 4.74 Å². The number of hydrogen-bond acceptors (Lipinski definition) is 3. The quantitative estimate of drug-likeness (QED) is 0.864. The molecule has 1 rings (SSSR count). The van der Waals surface area contributed by atoms with Gasteiger partial charge >= 0.3 is 12.3 Å². The van der Waals surface area contributed by atoms with E-state index in [0.29, 0.717) is 11.3 Å². The molecule has 0 aliphatic rings. The van der Waals surface area contributed by atoms with Crippen LogP contribution >= 0.6 is 11.3 Å². The van der Waals surface area contributed by atoms with Crippen LogP contribution in [0.2, 0.25) is 0 Å². The molecule has 7 heteroatoms. The number of carbonyl (C=O) groups is 1. The van der Waals surface area contributed by atoms with Gasteiger partial charge in [-0.1, -0.05) is 13.8 Å². The molecule has 86 valence electrons. The Labute approximate surface area is 88.1 Å². The average Bonchev–Trinajstić information content (AvgIpc) is 2.53. The van der Waals surface area contributed by atoms with Crippen molar-refractivity contribution in [2.75, 3.05) is 0 Å². The number of rotatable bonds is 2. The SMILES string of the molecule is CC.O=C(O)c1sccc1OC(F)(F)F. The maximum atomic E-state index is 11.7. The number of halogens is 3. The van der Waals surface area contributed by atoms with Crippen molar-refractivity contribution in [1.29, 1.82) is 0 Å². The highest BCUT2D eigenvalue weighted by Gasteiger charge is 2.33. The fourth-order valence-electron chi connectivity index (χ4n) is 0.658. The Hall–Kier alpha value is -1.24. The summed E-state index contributed by atoms with van der Waals surface area (Å²) in [5.41, 5.74) is 0. The third-order valence-corrected chi connectivity index (χ3v) is 1.93. The Bertz CT molecular complexity index is 319. The normalized spacial score (nSPS) is 10.2. The van der Waals surface area contributed by atoms with E-state index in [-0.39, 0.29) is 0 Å². The molecule has 1 heterocycles. The van der Waals surface area contributed by atoms with Crippen LogP contribution in [0.4, 0.5) is 13.2 Å². The number of hydrogen-bond donors (Lipinski definition) is 1. The van der Waals surface area contributed by atoms with Crippen molar-refractivity contribution in [2.45, 2.75) is 20.2 Å². The minimum absolute atomic E-state index is 0.461. The predicted octanol–water partition coefficient (Wildman–Crippen LogP) is 3.37. The van der Waals surface area contributed by atoms with Crippen molar-refractivity contribution in [3.63, 3.8) is 0 Å². The number of carboxylic acids is 1. The topological polar surface area (TPSA) is 46.5 Å². The van der Waals surface area contributed by atoms with E-state index in [0.717, 1.165) is 6.07 Å². The van der Waals surface area contributed by atoms with Gasteiger partial charge in [-0.15, -0.1) is 24.5 Å². The Morgan fingerprint density at radius 3 is 2.40 bits per heavy atom. The lowest BCUT2D eigenvalue weighted by atomic mass is 10.4. The molecule has 0 bridgehead atoms. The first-order valence-electron chi connectivity index (χ1n) is 3.96. The number of aromatic carboxylic acids is 1. The zero-order valence-electron chi connectivity index (χ0n) is 7.96. The van der Waals surface area contributed by atoms with Crippen molar-refractivity contribution in [1.82, 2.24) is 0 Å². The number of thiophene rings is 1. The summed E-state index contributed by atoms with van der Waals surface area (Å²) in [5.74, 6) is -2.11. The first-order chi connectivity index (χ1) is 6.90. The van der Waals surface area contributed by atoms with Crippen molar-refractivity contribution in [3.05, 3.63) is 16.3 Å². The van der Waals surface area contributed by atoms with Gasteiger partial charge in [-0.2, -0.15) is 0 Å². The zero-order chi connectivity index (χ0) is 12.1. The number of ether oxygens (including phenoxy) is 1. The zero-order valence-corrected chi connectivity index (χ0v) is 8.78. The van der Waals surface area contributed by atoms with E-state index in [1.54, 1.807) is 0 Å². The predicted molar refractivity (Wildman–Crippen MR) is 49.3 cm³/mol. The highest BCUT2D eigenvalue weighted by molar-refractivity contribution is 7.12. The molecule has 0 aliphatic heterocycles. The van der Waals surface area contributed by atoms with Crippen molar-refractivity contribution < 1.29 is 27.8 Å². The van der Waals surface area contributed by atoms with Crippen LogP contribution in [0.1, 0.15) is 23.5 Å². The summed E-state index contributed by atoms with van der Waals surface area (Å²) < 4.78 is 38.4. The lowest BCUT2D eigenvalue weighted by Crippen LogP contribution is -2.18. The lowest BCUT2D eigenvalue weighted by Gasteiger charge is -2.07. The first-order valence-corrected chi connectivity index (χ1v) is 4.84. The van der Waals surface area contributed by atoms with E-state index in [9.17, 15) is 18.0 Å². The van der Waals surface area contributed by atoms with Crippen LogP contribution in [0.5, 0.6) is 5.75 Å². The van der Waals surface area contributed by atoms with E-state index in [4.69, 9.17) is 5.11 Å². The molecule has 0 aliphatic carbocycles. The Kier molecular flexibility index (Phi) is 5.13. The Morgan fingerprint density at radius 1 is 1.47 bits per heavy atom. The molecule has 15 heavy (non-hydrogen) atoms. The molecule has 0 saturated heterocycles. The number of alkyl halides is 3. The van der Waals surface area contributed by atoms with Gasteiger partial charge in [0.2, 0.25) is 0 Å². The third-order valence-electron chi connectivity index (χ3n) is 1.05. The standard InChI is InChI=1S/C6H3F3O3S.C2H6/c7-6(8,9)12-3-1-2-13-4(3)5(10)11;1-2/h1-2H,(H,10,11);1-2H3. The molecule has 0 amide bonds. The summed E-state index contributed by atoms with van der Waals surface area (Å²) in [5, 5.41) is 9.63. The minimum atomic E-state index is -4.86. The highest BCUT2D eigenvalue weighted by atomic mass is 32.1. The summed E-state index contributed by atoms with van der Waals surface area (Å²) in [6.07, 6.45) is -4.86. The van der Waals surface area contributed by atoms with Gasteiger partial charge in [0.05, 0.1) is 0 Å². The van der Waals surface area contributed by atoms with E-state index >= 15 is 0 Å². The molecule has 1 N–H and O–H groups in total. The Balaban J connectivity index is 0.000000921. The second-order valence-electron chi connectivity index (χ2n) is 1.97. The van der Waals surface area contributed by atoms with Gasteiger partial charge in [-0.25, -0.2) is 4.79 Å². The van der Waals surface area contributed by atoms with Gasteiger partial charge in [-0.3, -0.25) is 0 Å². The largest absolute Gasteiger partial charge is 0.573 e. The van der Waals surface area contributed by atoms with Gasteiger partial charge in [0, 0.05) is 0 Å². The van der Waals surface area contributed by atoms with Crippen LogP contribution in [0, 0.1) is 0 Å². The fourth-order valence-corrected chi connectivity index (χ4v) is 1.31. The molecular weight excluding hydrogens is 233 g/mol. The summed E-state index contributed by atoms with van der Waals surface area (Å²) in [6.45, 7) is 4.00. The molecule has 1 aromatic rings. The maximum absolute atomic E-state index is 11.7. The molecule has 0 unspecified atom stereocenters. The molecule has 0 aromatic carbocycles. The summed E-state index contributed by atoms with van der Waals surface area (Å²) in [7, 11) is 0. The van der Waals surface area contributed by atoms with E-state index in [1.807, 2.05) is 13.8 Å². The van der Waals surface area contributed by atoms with Gasteiger partial charge in [0.15, 0.2) is 10.6 Å². The maximum Gasteiger partial charge on any atom is 0.573 e. The first kappa shape index (κ1) is 13.8. The van der Waals surface area contributed by atoms with Gasteiger partial charge < -0.3 is 9.84 Å². The van der Waals surface area contributed by atoms with Crippen molar-refractivity contribution >= 4 is 17.3 Å². The van der Waals surface area contributed by atoms with Gasteiger partial charge in [0.25, 0.3) is 0 Å². The fraction of sp³-hybridized carbons (Fsp3) is 0.375. The highest BCUT2D eigenvalue weighted by Crippen LogP contribution is 2.30. The van der Waals surface area contributed by atoms with Crippen LogP contribution in [-0.2, 0) is 0 Å². The van der Waals surface area contributed by atoms with Gasteiger partial charge in [-0.05, 0) is 11.4 Å². The Morgan fingerprint density at radius 2 is 2.00 bits per heavy atom. The molecule has 1 aromatic heterocycles. The average molecular weight is 242 g/mol. The minimum Gasteiger partial charge on any atom is -0.477 e. The smallest absolute Gasteiger partial charge is 0.477 e. The molecule has 0 fully saturated rings. The van der Waals surface area contributed by atoms with E-state index < -0.39 is 23.0 Å². The third kappa shape index (κ3) is 4.68.